The summed E-state index contributed by atoms with van der Waals surface area (Å²) >= 11 is 16.3. The molecule has 3 aromatic carbocycles. The molecule has 0 aliphatic carbocycles. The van der Waals surface area contributed by atoms with Crippen LogP contribution in [0.3, 0.4) is 0 Å². The first-order valence-corrected chi connectivity index (χ1v) is 16.9. The van der Waals surface area contributed by atoms with Gasteiger partial charge in [0, 0.05) is 28.7 Å². The monoisotopic (exact) mass is 711 g/mol. The minimum Gasteiger partial charge on any atom is -0.496 e. The topological polar surface area (TPSA) is 96.0 Å². The van der Waals surface area contributed by atoms with E-state index in [9.17, 15) is 18.0 Å². The lowest BCUT2D eigenvalue weighted by Crippen LogP contribution is -2.52. The molecule has 0 fully saturated rings. The van der Waals surface area contributed by atoms with Crippen LogP contribution in [0.2, 0.25) is 10.0 Å². The van der Waals surface area contributed by atoms with Crippen LogP contribution >= 0.6 is 39.1 Å². The number of methoxy groups -OCH3 is 1. The third kappa shape index (κ3) is 8.65. The Bertz CT molecular complexity index is 1520. The van der Waals surface area contributed by atoms with Crippen LogP contribution in [0.15, 0.2) is 70.0 Å². The molecule has 232 valence electrons. The lowest BCUT2D eigenvalue weighted by molar-refractivity contribution is -0.140. The van der Waals surface area contributed by atoms with Gasteiger partial charge in [-0.2, -0.15) is 0 Å². The molecule has 12 heteroatoms. The van der Waals surface area contributed by atoms with E-state index in [4.69, 9.17) is 27.9 Å². The van der Waals surface area contributed by atoms with Crippen LogP contribution in [-0.2, 0) is 26.2 Å². The standard InChI is InChI=1S/C31H36BrCl2N3O5S/c1-5-7-17-35-31(39)28(6-2)36(19-24-26(33)9-8-10-27(24)34)30(38)20-37(22-13-11-21(3)12-14-22)43(40,41)23-15-16-29(42-4)25(32)18-23/h8-16,18,28H,5-7,17,19-20H2,1-4H3,(H,35,39)/t28-/m0/s1. The van der Waals surface area contributed by atoms with Gasteiger partial charge in [-0.25, -0.2) is 8.42 Å². The number of nitrogens with zero attached hydrogens (tertiary/aromatic N) is 2. The fraction of sp³-hybridized carbons (Fsp3) is 0.355. The first-order valence-electron chi connectivity index (χ1n) is 13.9. The third-order valence-corrected chi connectivity index (χ3v) is 10.0. The molecule has 1 atom stereocenters. The highest BCUT2D eigenvalue weighted by Gasteiger charge is 2.34. The molecule has 0 aliphatic heterocycles. The molecule has 0 saturated carbocycles. The number of halogens is 3. The molecule has 0 radical (unpaired) electrons. The number of nitrogens with one attached hydrogen (secondary N) is 1. The highest BCUT2D eigenvalue weighted by atomic mass is 79.9. The Morgan fingerprint density at radius 2 is 1.67 bits per heavy atom. The zero-order valence-electron chi connectivity index (χ0n) is 24.6. The predicted octanol–water partition coefficient (Wildman–Crippen LogP) is 6.99. The van der Waals surface area contributed by atoms with Gasteiger partial charge in [0.05, 0.1) is 22.2 Å². The van der Waals surface area contributed by atoms with Gasteiger partial charge in [-0.1, -0.05) is 67.2 Å². The van der Waals surface area contributed by atoms with Crippen molar-refractivity contribution in [3.05, 3.63) is 86.3 Å². The van der Waals surface area contributed by atoms with Crippen molar-refractivity contribution in [1.82, 2.24) is 10.2 Å². The van der Waals surface area contributed by atoms with Gasteiger partial charge < -0.3 is 15.0 Å². The molecule has 8 nitrogen and oxygen atoms in total. The third-order valence-electron chi connectivity index (χ3n) is 6.92. The van der Waals surface area contributed by atoms with Crippen molar-refractivity contribution in [2.24, 2.45) is 0 Å². The van der Waals surface area contributed by atoms with Gasteiger partial charge in [0.15, 0.2) is 0 Å². The SMILES string of the molecule is CCCCNC(=O)[C@H](CC)N(Cc1c(Cl)cccc1Cl)C(=O)CN(c1ccc(C)cc1)S(=O)(=O)c1ccc(OC)c(Br)c1. The Labute approximate surface area is 272 Å². The average Bonchev–Trinajstić information content (AvgIpc) is 2.97. The van der Waals surface area contributed by atoms with E-state index in [2.05, 4.69) is 21.2 Å². The fourth-order valence-electron chi connectivity index (χ4n) is 4.45. The average molecular weight is 714 g/mol. The minimum absolute atomic E-state index is 0.0430. The molecular formula is C31H36BrCl2N3O5S. The summed E-state index contributed by atoms with van der Waals surface area (Å²) in [6, 6.07) is 15.3. The summed E-state index contributed by atoms with van der Waals surface area (Å²) in [5.41, 5.74) is 1.68. The summed E-state index contributed by atoms with van der Waals surface area (Å²) < 4.78 is 35.0. The summed E-state index contributed by atoms with van der Waals surface area (Å²) in [5.74, 6) is -0.471. The van der Waals surface area contributed by atoms with E-state index in [0.29, 0.717) is 38.1 Å². The van der Waals surface area contributed by atoms with Crippen molar-refractivity contribution >= 4 is 66.7 Å². The number of rotatable bonds is 14. The summed E-state index contributed by atoms with van der Waals surface area (Å²) in [6.07, 6.45) is 1.96. The number of hydrogen-bond donors (Lipinski definition) is 1. The number of aryl methyl sites for hydroxylation is 1. The maximum Gasteiger partial charge on any atom is 0.264 e. The normalized spacial score (nSPS) is 12.0. The molecule has 0 heterocycles. The molecule has 1 N–H and O–H groups in total. The van der Waals surface area contributed by atoms with E-state index in [1.165, 1.54) is 30.2 Å². The van der Waals surface area contributed by atoms with Gasteiger partial charge in [-0.05, 0) is 78.2 Å². The Morgan fingerprint density at radius 3 is 2.23 bits per heavy atom. The predicted molar refractivity (Wildman–Crippen MR) is 175 cm³/mol. The molecular weight excluding hydrogens is 677 g/mol. The number of benzene rings is 3. The highest BCUT2D eigenvalue weighted by Crippen LogP contribution is 2.32. The van der Waals surface area contributed by atoms with Crippen molar-refractivity contribution in [3.8, 4) is 5.75 Å². The second-order valence-corrected chi connectivity index (χ2v) is 13.5. The molecule has 0 saturated heterocycles. The number of ether oxygens (including phenoxy) is 1. The van der Waals surface area contributed by atoms with Crippen LogP contribution in [0, 0.1) is 6.92 Å². The van der Waals surface area contributed by atoms with Gasteiger partial charge in [0.2, 0.25) is 11.8 Å². The lowest BCUT2D eigenvalue weighted by atomic mass is 10.1. The smallest absolute Gasteiger partial charge is 0.264 e. The molecule has 0 bridgehead atoms. The van der Waals surface area contributed by atoms with Crippen molar-refractivity contribution in [1.29, 1.82) is 0 Å². The molecule has 0 aliphatic rings. The number of unbranched alkanes of at least 4 members (excludes halogenated alkanes) is 1. The Morgan fingerprint density at radius 1 is 1.02 bits per heavy atom. The van der Waals surface area contributed by atoms with Crippen molar-refractivity contribution in [3.63, 3.8) is 0 Å². The molecule has 3 aromatic rings. The molecule has 0 spiro atoms. The Balaban J connectivity index is 2.09. The zero-order valence-corrected chi connectivity index (χ0v) is 28.5. The number of anilines is 1. The van der Waals surface area contributed by atoms with E-state index >= 15 is 0 Å². The largest absolute Gasteiger partial charge is 0.496 e. The Kier molecular flexibility index (Phi) is 12.7. The first kappa shape index (κ1) is 34.7. The highest BCUT2D eigenvalue weighted by molar-refractivity contribution is 9.10. The van der Waals surface area contributed by atoms with E-state index < -0.39 is 28.5 Å². The maximum absolute atomic E-state index is 14.2. The second kappa shape index (κ2) is 15.8. The minimum atomic E-state index is -4.25. The second-order valence-electron chi connectivity index (χ2n) is 9.93. The summed E-state index contributed by atoms with van der Waals surface area (Å²) in [4.78, 5) is 28.9. The number of carbonyl (C=O) groups is 2. The van der Waals surface area contributed by atoms with Crippen molar-refractivity contribution in [2.45, 2.75) is 57.5 Å². The first-order chi connectivity index (χ1) is 20.4. The van der Waals surface area contributed by atoms with Crippen LogP contribution in [0.1, 0.15) is 44.2 Å². The molecule has 0 aromatic heterocycles. The van der Waals surface area contributed by atoms with Gasteiger partial charge in [-0.3, -0.25) is 13.9 Å². The van der Waals surface area contributed by atoms with Crippen LogP contribution in [0.25, 0.3) is 0 Å². The van der Waals surface area contributed by atoms with Crippen molar-refractivity contribution in [2.75, 3.05) is 24.5 Å². The number of carbonyl (C=O) groups excluding carboxylic acids is 2. The maximum atomic E-state index is 14.2. The molecule has 0 unspecified atom stereocenters. The van der Waals surface area contributed by atoms with Crippen molar-refractivity contribution < 1.29 is 22.7 Å². The zero-order chi connectivity index (χ0) is 31.7. The van der Waals surface area contributed by atoms with E-state index in [1.807, 2.05) is 13.8 Å². The fourth-order valence-corrected chi connectivity index (χ4v) is 7.10. The quantitative estimate of drug-likeness (QED) is 0.182. The van der Waals surface area contributed by atoms with E-state index in [1.54, 1.807) is 49.4 Å². The molecule has 2 amide bonds. The van der Waals surface area contributed by atoms with E-state index in [-0.39, 0.29) is 23.8 Å². The van der Waals surface area contributed by atoms with Gasteiger partial charge >= 0.3 is 0 Å². The van der Waals surface area contributed by atoms with Crippen LogP contribution < -0.4 is 14.4 Å². The molecule has 43 heavy (non-hydrogen) atoms. The Hall–Kier alpha value is -2.79. The lowest BCUT2D eigenvalue weighted by Gasteiger charge is -2.33. The van der Waals surface area contributed by atoms with Crippen LogP contribution in [0.5, 0.6) is 5.75 Å². The van der Waals surface area contributed by atoms with Gasteiger partial charge in [0.1, 0.15) is 18.3 Å². The number of amides is 2. The van der Waals surface area contributed by atoms with E-state index in [0.717, 1.165) is 22.7 Å². The van der Waals surface area contributed by atoms with Crippen LogP contribution in [0.4, 0.5) is 5.69 Å². The summed E-state index contributed by atoms with van der Waals surface area (Å²) in [5, 5.41) is 3.56. The van der Waals surface area contributed by atoms with Gasteiger partial charge in [-0.15, -0.1) is 0 Å². The van der Waals surface area contributed by atoms with Gasteiger partial charge in [0.25, 0.3) is 10.0 Å². The summed E-state index contributed by atoms with van der Waals surface area (Å²) in [7, 11) is -2.77. The number of hydrogen-bond acceptors (Lipinski definition) is 5. The number of sulfonamides is 1. The summed E-state index contributed by atoms with van der Waals surface area (Å²) in [6.45, 7) is 5.48. The molecule has 3 rings (SSSR count). The van der Waals surface area contributed by atoms with Crippen LogP contribution in [-0.4, -0.2) is 51.4 Å².